The third-order valence-corrected chi connectivity index (χ3v) is 4.15. The number of rotatable bonds is 1. The summed E-state index contributed by atoms with van der Waals surface area (Å²) in [5.41, 5.74) is 0.922. The second-order valence-corrected chi connectivity index (χ2v) is 5.87. The molecule has 0 fully saturated rings. The fourth-order valence-corrected chi connectivity index (χ4v) is 3.10. The Morgan fingerprint density at radius 1 is 1.38 bits per heavy atom. The van der Waals surface area contributed by atoms with E-state index in [1.807, 2.05) is 31.2 Å². The van der Waals surface area contributed by atoms with Crippen LogP contribution in [0.4, 0.5) is 0 Å². The second kappa shape index (κ2) is 4.07. The molecule has 88 valence electrons. The van der Waals surface area contributed by atoms with E-state index in [1.54, 1.807) is 0 Å². The number of ether oxygens (including phenoxy) is 1. The Morgan fingerprint density at radius 2 is 2.06 bits per heavy atom. The van der Waals surface area contributed by atoms with Gasteiger partial charge >= 0.3 is 0 Å². The molecule has 1 atom stereocenters. The zero-order valence-electron chi connectivity index (χ0n) is 9.38. The van der Waals surface area contributed by atoms with Crippen molar-refractivity contribution in [2.75, 3.05) is 19.4 Å². The van der Waals surface area contributed by atoms with Crippen molar-refractivity contribution in [3.63, 3.8) is 0 Å². The quantitative estimate of drug-likeness (QED) is 0.746. The van der Waals surface area contributed by atoms with Crippen molar-refractivity contribution in [1.29, 1.82) is 0 Å². The molecule has 1 aromatic rings. The first-order chi connectivity index (χ1) is 7.50. The van der Waals surface area contributed by atoms with Crippen molar-refractivity contribution in [3.05, 3.63) is 29.8 Å². The molecular weight excluding hydrogens is 226 g/mol. The summed E-state index contributed by atoms with van der Waals surface area (Å²) in [5.74, 6) is 0.779. The summed E-state index contributed by atoms with van der Waals surface area (Å²) in [4.78, 5) is 0. The number of sulfonamides is 1. The molecule has 0 saturated carbocycles. The lowest BCUT2D eigenvalue weighted by atomic mass is 10.1. The number of hydrogen-bond donors (Lipinski definition) is 0. The molecule has 4 nitrogen and oxygen atoms in total. The van der Waals surface area contributed by atoms with Crippen molar-refractivity contribution < 1.29 is 13.2 Å². The van der Waals surface area contributed by atoms with E-state index in [0.29, 0.717) is 13.2 Å². The molecule has 1 unspecified atom stereocenters. The van der Waals surface area contributed by atoms with Crippen LogP contribution in [0.2, 0.25) is 0 Å². The van der Waals surface area contributed by atoms with Gasteiger partial charge in [-0.2, -0.15) is 4.31 Å². The molecule has 1 aliphatic heterocycles. The zero-order chi connectivity index (χ0) is 11.8. The minimum atomic E-state index is -3.19. The largest absolute Gasteiger partial charge is 0.492 e. The molecular formula is C11H15NO3S. The molecule has 0 aromatic heterocycles. The van der Waals surface area contributed by atoms with Crippen molar-refractivity contribution in [1.82, 2.24) is 4.31 Å². The molecule has 5 heteroatoms. The number of nitrogens with zero attached hydrogens (tertiary/aromatic N) is 1. The average molecular weight is 241 g/mol. The molecule has 0 amide bonds. The zero-order valence-corrected chi connectivity index (χ0v) is 10.2. The first-order valence-corrected chi connectivity index (χ1v) is 7.03. The highest BCUT2D eigenvalue weighted by atomic mass is 32.2. The molecule has 0 bridgehead atoms. The normalized spacial score (nSPS) is 22.0. The smallest absolute Gasteiger partial charge is 0.211 e. The molecule has 0 saturated heterocycles. The van der Waals surface area contributed by atoms with Crippen LogP contribution in [0.3, 0.4) is 0 Å². The van der Waals surface area contributed by atoms with E-state index in [9.17, 15) is 8.42 Å². The average Bonchev–Trinajstić information content (AvgIpc) is 2.38. The van der Waals surface area contributed by atoms with Crippen molar-refractivity contribution in [2.24, 2.45) is 0 Å². The maximum atomic E-state index is 11.6. The van der Waals surface area contributed by atoms with Crippen molar-refractivity contribution >= 4 is 10.0 Å². The molecule has 0 radical (unpaired) electrons. The van der Waals surface area contributed by atoms with Crippen LogP contribution in [0.5, 0.6) is 5.75 Å². The molecule has 0 spiro atoms. The van der Waals surface area contributed by atoms with Crippen LogP contribution in [0.1, 0.15) is 18.5 Å². The Kier molecular flexibility index (Phi) is 2.90. The summed E-state index contributed by atoms with van der Waals surface area (Å²) in [7, 11) is -3.19. The van der Waals surface area contributed by atoms with Gasteiger partial charge in [0, 0.05) is 12.1 Å². The summed E-state index contributed by atoms with van der Waals surface area (Å²) in [6.07, 6.45) is 1.23. The minimum absolute atomic E-state index is 0.173. The third kappa shape index (κ3) is 2.05. The van der Waals surface area contributed by atoms with E-state index in [-0.39, 0.29) is 6.04 Å². The highest BCUT2D eigenvalue weighted by molar-refractivity contribution is 7.88. The van der Waals surface area contributed by atoms with Gasteiger partial charge in [-0.1, -0.05) is 18.2 Å². The highest BCUT2D eigenvalue weighted by Crippen LogP contribution is 2.32. The van der Waals surface area contributed by atoms with Gasteiger partial charge in [0.1, 0.15) is 12.4 Å². The SMILES string of the molecule is CC1c2ccccc2OCCN1S(C)(=O)=O. The lowest BCUT2D eigenvalue weighted by molar-refractivity contribution is 0.279. The third-order valence-electron chi connectivity index (χ3n) is 2.80. The van der Waals surface area contributed by atoms with E-state index >= 15 is 0 Å². The van der Waals surface area contributed by atoms with Crippen LogP contribution in [0.25, 0.3) is 0 Å². The first kappa shape index (κ1) is 11.4. The Labute approximate surface area is 95.9 Å². The van der Waals surface area contributed by atoms with E-state index in [1.165, 1.54) is 10.6 Å². The van der Waals surface area contributed by atoms with Crippen LogP contribution in [0.15, 0.2) is 24.3 Å². The fourth-order valence-electron chi connectivity index (χ4n) is 2.00. The lowest BCUT2D eigenvalue weighted by Gasteiger charge is -2.24. The van der Waals surface area contributed by atoms with Gasteiger partial charge < -0.3 is 4.74 Å². The Morgan fingerprint density at radius 3 is 2.75 bits per heavy atom. The predicted octanol–water partition coefficient (Wildman–Crippen LogP) is 1.40. The molecule has 1 aliphatic rings. The van der Waals surface area contributed by atoms with Gasteiger partial charge in [0.05, 0.1) is 12.3 Å². The molecule has 16 heavy (non-hydrogen) atoms. The van der Waals surface area contributed by atoms with Crippen LogP contribution >= 0.6 is 0 Å². The Hall–Kier alpha value is -1.07. The second-order valence-electron chi connectivity index (χ2n) is 3.94. The van der Waals surface area contributed by atoms with Crippen LogP contribution in [-0.4, -0.2) is 32.1 Å². The molecule has 2 rings (SSSR count). The van der Waals surface area contributed by atoms with Gasteiger partial charge in [-0.15, -0.1) is 0 Å². The lowest BCUT2D eigenvalue weighted by Crippen LogP contribution is -2.34. The van der Waals surface area contributed by atoms with Crippen LogP contribution in [-0.2, 0) is 10.0 Å². The summed E-state index contributed by atoms with van der Waals surface area (Å²) in [5, 5.41) is 0. The standard InChI is InChI=1S/C11H15NO3S/c1-9-10-5-3-4-6-11(10)15-8-7-12(9)16(2,13)14/h3-6,9H,7-8H2,1-2H3. The summed E-state index contributed by atoms with van der Waals surface area (Å²) < 4.78 is 30.3. The number of fused-ring (bicyclic) bond motifs is 1. The van der Waals surface area contributed by atoms with E-state index < -0.39 is 10.0 Å². The van der Waals surface area contributed by atoms with Gasteiger partial charge in [0.2, 0.25) is 10.0 Å². The maximum Gasteiger partial charge on any atom is 0.211 e. The van der Waals surface area contributed by atoms with E-state index in [0.717, 1.165) is 11.3 Å². The molecule has 1 aromatic carbocycles. The molecule has 1 heterocycles. The van der Waals surface area contributed by atoms with Gasteiger partial charge in [-0.25, -0.2) is 8.42 Å². The van der Waals surface area contributed by atoms with Gasteiger partial charge in [-0.05, 0) is 13.0 Å². The number of hydrogen-bond acceptors (Lipinski definition) is 3. The Bertz CT molecular complexity index is 484. The first-order valence-electron chi connectivity index (χ1n) is 5.18. The topological polar surface area (TPSA) is 46.6 Å². The van der Waals surface area contributed by atoms with Crippen molar-refractivity contribution in [3.8, 4) is 5.75 Å². The van der Waals surface area contributed by atoms with Gasteiger partial charge in [0.25, 0.3) is 0 Å². The summed E-state index contributed by atoms with van der Waals surface area (Å²) in [6.45, 7) is 2.68. The fraction of sp³-hybridized carbons (Fsp3) is 0.455. The van der Waals surface area contributed by atoms with Crippen LogP contribution in [0, 0.1) is 0 Å². The maximum absolute atomic E-state index is 11.6. The monoisotopic (exact) mass is 241 g/mol. The highest BCUT2D eigenvalue weighted by Gasteiger charge is 2.28. The summed E-state index contributed by atoms with van der Waals surface area (Å²) in [6, 6.07) is 7.39. The predicted molar refractivity (Wildman–Crippen MR) is 61.9 cm³/mol. The Balaban J connectivity index is 2.45. The summed E-state index contributed by atoms with van der Waals surface area (Å²) >= 11 is 0. The molecule has 0 N–H and O–H groups in total. The van der Waals surface area contributed by atoms with Gasteiger partial charge in [-0.3, -0.25) is 0 Å². The number of benzene rings is 1. The van der Waals surface area contributed by atoms with Gasteiger partial charge in [0.15, 0.2) is 0 Å². The molecule has 0 aliphatic carbocycles. The van der Waals surface area contributed by atoms with Crippen molar-refractivity contribution in [2.45, 2.75) is 13.0 Å². The van der Waals surface area contributed by atoms with E-state index in [4.69, 9.17) is 4.74 Å². The minimum Gasteiger partial charge on any atom is -0.492 e. The van der Waals surface area contributed by atoms with E-state index in [2.05, 4.69) is 0 Å². The van der Waals surface area contributed by atoms with Crippen LogP contribution < -0.4 is 4.74 Å². The number of para-hydroxylation sites is 1.